The molecule has 0 saturated heterocycles. The molecular formula is C30H32ClFN2O4S. The molecule has 1 aliphatic heterocycles. The lowest BCUT2D eigenvalue weighted by atomic mass is 9.76. The van der Waals surface area contributed by atoms with E-state index < -0.39 is 5.79 Å². The molecule has 6 nitrogen and oxygen atoms in total. The van der Waals surface area contributed by atoms with Crippen LogP contribution in [0.25, 0.3) is 0 Å². The second-order valence-electron chi connectivity index (χ2n) is 10.5. The number of hydrogen-bond donors (Lipinski definition) is 2. The fraction of sp³-hybridized carbons (Fsp3) is 0.400. The fourth-order valence-corrected chi connectivity index (χ4v) is 6.67. The molecule has 1 amide bonds. The van der Waals surface area contributed by atoms with Gasteiger partial charge < -0.3 is 19.8 Å². The maximum Gasteiger partial charge on any atom is 0.254 e. The van der Waals surface area contributed by atoms with Gasteiger partial charge in [0.1, 0.15) is 5.82 Å². The number of nitrogens with one attached hydrogen (secondary N) is 2. The Labute approximate surface area is 236 Å². The number of aromatic amines is 1. The Morgan fingerprint density at radius 1 is 1.13 bits per heavy atom. The number of amides is 1. The molecule has 1 unspecified atom stereocenters. The van der Waals surface area contributed by atoms with Gasteiger partial charge in [-0.25, -0.2) is 4.39 Å². The van der Waals surface area contributed by atoms with Crippen molar-refractivity contribution in [2.24, 2.45) is 5.92 Å². The van der Waals surface area contributed by atoms with Crippen LogP contribution in [-0.4, -0.2) is 22.9 Å². The van der Waals surface area contributed by atoms with Gasteiger partial charge in [0.25, 0.3) is 17.3 Å². The first-order valence-electron chi connectivity index (χ1n) is 13.1. The Morgan fingerprint density at radius 3 is 2.46 bits per heavy atom. The molecule has 0 radical (unpaired) electrons. The van der Waals surface area contributed by atoms with Gasteiger partial charge in [-0.3, -0.25) is 9.59 Å². The van der Waals surface area contributed by atoms with Crippen molar-refractivity contribution < 1.29 is 18.7 Å². The zero-order valence-corrected chi connectivity index (χ0v) is 24.0. The van der Waals surface area contributed by atoms with E-state index in [1.54, 1.807) is 6.07 Å². The summed E-state index contributed by atoms with van der Waals surface area (Å²) < 4.78 is 26.1. The summed E-state index contributed by atoms with van der Waals surface area (Å²) in [6, 6.07) is 10.3. The van der Waals surface area contributed by atoms with E-state index in [1.165, 1.54) is 23.9 Å². The van der Waals surface area contributed by atoms with Crippen molar-refractivity contribution in [2.45, 2.75) is 69.6 Å². The van der Waals surface area contributed by atoms with Gasteiger partial charge in [-0.2, -0.15) is 0 Å². The van der Waals surface area contributed by atoms with E-state index in [0.29, 0.717) is 39.1 Å². The van der Waals surface area contributed by atoms with Gasteiger partial charge in [0, 0.05) is 46.7 Å². The molecule has 1 atom stereocenters. The molecule has 0 spiro atoms. The van der Waals surface area contributed by atoms with Gasteiger partial charge in [-0.15, -0.1) is 11.8 Å². The Morgan fingerprint density at radius 2 is 1.79 bits per heavy atom. The number of hydrogen-bond acceptors (Lipinski definition) is 5. The number of carbonyl (C=O) groups is 1. The summed E-state index contributed by atoms with van der Waals surface area (Å²) >= 11 is 8.07. The maximum absolute atomic E-state index is 13.3. The molecule has 1 saturated carbocycles. The highest BCUT2D eigenvalue weighted by Gasteiger charge is 2.47. The van der Waals surface area contributed by atoms with Crippen LogP contribution in [0.2, 0.25) is 5.02 Å². The summed E-state index contributed by atoms with van der Waals surface area (Å²) in [5.74, 6) is -0.0279. The predicted octanol–water partition coefficient (Wildman–Crippen LogP) is 6.90. The van der Waals surface area contributed by atoms with Crippen molar-refractivity contribution in [1.29, 1.82) is 0 Å². The van der Waals surface area contributed by atoms with Gasteiger partial charge in [0.05, 0.1) is 5.02 Å². The minimum atomic E-state index is -0.901. The van der Waals surface area contributed by atoms with Crippen molar-refractivity contribution in [3.8, 4) is 11.5 Å². The first-order valence-corrected chi connectivity index (χ1v) is 14.7. The van der Waals surface area contributed by atoms with E-state index in [-0.39, 0.29) is 29.7 Å². The van der Waals surface area contributed by atoms with Crippen LogP contribution in [-0.2, 0) is 6.54 Å². The highest BCUT2D eigenvalue weighted by atomic mass is 35.5. The van der Waals surface area contributed by atoms with Crippen molar-refractivity contribution in [3.05, 3.63) is 85.5 Å². The van der Waals surface area contributed by atoms with Crippen LogP contribution in [0.1, 0.15) is 71.3 Å². The monoisotopic (exact) mass is 570 g/mol. The number of benzene rings is 2. The second-order valence-corrected chi connectivity index (χ2v) is 11.8. The summed E-state index contributed by atoms with van der Waals surface area (Å²) in [5, 5.41) is 3.17. The fourth-order valence-electron chi connectivity index (χ4n) is 5.73. The molecule has 206 valence electrons. The Bertz CT molecular complexity index is 1470. The summed E-state index contributed by atoms with van der Waals surface area (Å²) in [6.07, 6.45) is 5.57. The molecule has 39 heavy (non-hydrogen) atoms. The molecule has 0 bridgehead atoms. The van der Waals surface area contributed by atoms with E-state index in [2.05, 4.69) is 10.3 Å². The molecule has 1 fully saturated rings. The van der Waals surface area contributed by atoms with Gasteiger partial charge in [-0.1, -0.05) is 23.7 Å². The Hall–Kier alpha value is -2.97. The first-order chi connectivity index (χ1) is 18.6. The number of ether oxygens (including phenoxy) is 2. The quantitative estimate of drug-likeness (QED) is 0.315. The van der Waals surface area contributed by atoms with Crippen molar-refractivity contribution >= 4 is 29.3 Å². The van der Waals surface area contributed by atoms with Crippen LogP contribution in [0, 0.1) is 25.6 Å². The zero-order valence-electron chi connectivity index (χ0n) is 22.5. The van der Waals surface area contributed by atoms with Crippen LogP contribution in [0.3, 0.4) is 0 Å². The topological polar surface area (TPSA) is 80.4 Å². The number of pyridine rings is 1. The molecule has 1 aliphatic carbocycles. The number of aryl methyl sites for hydroxylation is 1. The lowest BCUT2D eigenvalue weighted by Gasteiger charge is -2.37. The molecule has 2 N–H and O–H groups in total. The number of H-pyrrole nitrogens is 1. The number of rotatable bonds is 6. The van der Waals surface area contributed by atoms with E-state index in [1.807, 2.05) is 45.2 Å². The third-order valence-corrected chi connectivity index (χ3v) is 9.06. The molecule has 2 aromatic carbocycles. The first kappa shape index (κ1) is 27.6. The van der Waals surface area contributed by atoms with Crippen LogP contribution < -0.4 is 20.3 Å². The van der Waals surface area contributed by atoms with Crippen LogP contribution in [0.15, 0.2) is 46.1 Å². The maximum atomic E-state index is 13.3. The average Bonchev–Trinajstić information content (AvgIpc) is 3.30. The lowest BCUT2D eigenvalue weighted by Crippen LogP contribution is -2.44. The van der Waals surface area contributed by atoms with Crippen molar-refractivity contribution in [1.82, 2.24) is 10.3 Å². The van der Waals surface area contributed by atoms with Crippen LogP contribution in [0.5, 0.6) is 11.5 Å². The minimum Gasteiger partial charge on any atom is -0.448 e. The zero-order chi connectivity index (χ0) is 27.9. The lowest BCUT2D eigenvalue weighted by molar-refractivity contribution is -0.121. The van der Waals surface area contributed by atoms with Crippen LogP contribution >= 0.6 is 23.4 Å². The Balaban J connectivity index is 1.30. The van der Waals surface area contributed by atoms with Gasteiger partial charge in [0.2, 0.25) is 0 Å². The average molecular weight is 571 g/mol. The predicted molar refractivity (Wildman–Crippen MR) is 152 cm³/mol. The minimum absolute atomic E-state index is 0.0884. The summed E-state index contributed by atoms with van der Waals surface area (Å²) in [6.45, 7) is 5.66. The molecular weight excluding hydrogens is 539 g/mol. The number of thioether (sulfide) groups is 1. The third kappa shape index (κ3) is 5.41. The standard InChI is InChI=1S/C30H32ClFN2O4S/c1-16-13-25(39-4)23(29(36)34-16)15-33-28(35)22-14-24(31)27-26(17(22)2)37-30(3,38-27)20-9-5-18(6-10-20)19-7-11-21(32)12-8-19/h7-8,11-14,18,20H,5-6,9-10,15H2,1-4H3,(H,33,35)(H,34,36)/t18-,20+,30?. The van der Waals surface area contributed by atoms with Gasteiger partial charge >= 0.3 is 0 Å². The highest BCUT2D eigenvalue weighted by Crippen LogP contribution is 2.52. The van der Waals surface area contributed by atoms with Gasteiger partial charge in [0.15, 0.2) is 11.5 Å². The van der Waals surface area contributed by atoms with Gasteiger partial charge in [-0.05, 0) is 81.5 Å². The second kappa shape index (κ2) is 10.9. The molecule has 9 heteroatoms. The molecule has 2 aliphatic rings. The van der Waals surface area contributed by atoms with E-state index in [0.717, 1.165) is 41.8 Å². The van der Waals surface area contributed by atoms with Crippen molar-refractivity contribution in [3.63, 3.8) is 0 Å². The number of aromatic nitrogens is 1. The summed E-state index contributed by atoms with van der Waals surface area (Å²) in [7, 11) is 0. The van der Waals surface area contributed by atoms with E-state index >= 15 is 0 Å². The molecule has 1 aromatic heterocycles. The Kier molecular flexibility index (Phi) is 7.71. The number of halogens is 2. The molecule has 3 aromatic rings. The normalized spacial score (nSPS) is 22.1. The summed E-state index contributed by atoms with van der Waals surface area (Å²) in [4.78, 5) is 29.3. The molecule has 2 heterocycles. The number of fused-ring (bicyclic) bond motifs is 1. The third-order valence-electron chi connectivity index (χ3n) is 7.98. The van der Waals surface area contributed by atoms with Crippen molar-refractivity contribution in [2.75, 3.05) is 6.26 Å². The molecule has 5 rings (SSSR count). The van der Waals surface area contributed by atoms with Crippen LogP contribution in [0.4, 0.5) is 4.39 Å². The van der Waals surface area contributed by atoms with E-state index in [9.17, 15) is 14.0 Å². The summed E-state index contributed by atoms with van der Waals surface area (Å²) in [5.41, 5.74) is 3.23. The van der Waals surface area contributed by atoms with E-state index in [4.69, 9.17) is 21.1 Å². The number of carbonyl (C=O) groups excluding carboxylic acids is 1. The smallest absolute Gasteiger partial charge is 0.254 e. The highest BCUT2D eigenvalue weighted by molar-refractivity contribution is 7.98. The SMILES string of the molecule is CSc1cc(C)[nH]c(=O)c1CNC(=O)c1cc(Cl)c2c(c1C)OC(C)([C@H]1CC[C@@H](c3ccc(F)cc3)CC1)O2. The largest absolute Gasteiger partial charge is 0.448 e.